The van der Waals surface area contributed by atoms with Gasteiger partial charge in [0.1, 0.15) is 0 Å². The first kappa shape index (κ1) is 12.5. The van der Waals surface area contributed by atoms with Gasteiger partial charge in [0.05, 0.1) is 5.41 Å². The van der Waals surface area contributed by atoms with Gasteiger partial charge < -0.3 is 10.6 Å². The fourth-order valence-corrected chi connectivity index (χ4v) is 4.66. The summed E-state index contributed by atoms with van der Waals surface area (Å²) in [5.41, 5.74) is 6.37. The fourth-order valence-electron chi connectivity index (χ4n) is 4.66. The van der Waals surface area contributed by atoms with E-state index in [1.807, 2.05) is 0 Å². The van der Waals surface area contributed by atoms with Crippen molar-refractivity contribution < 1.29 is 4.79 Å². The Labute approximate surface area is 110 Å². The number of amides is 1. The van der Waals surface area contributed by atoms with Crippen molar-refractivity contribution in [3.63, 3.8) is 0 Å². The lowest BCUT2D eigenvalue weighted by molar-refractivity contribution is -0.137. The predicted molar refractivity (Wildman–Crippen MR) is 72.0 cm³/mol. The smallest absolute Gasteiger partial charge is 0.230 e. The molecular formula is C15H26N2O. The van der Waals surface area contributed by atoms with Crippen LogP contribution in [0.3, 0.4) is 0 Å². The van der Waals surface area contributed by atoms with Crippen LogP contribution in [0, 0.1) is 16.2 Å². The van der Waals surface area contributed by atoms with Crippen LogP contribution in [0.4, 0.5) is 0 Å². The largest absolute Gasteiger partial charge is 0.339 e. The second-order valence-electron chi connectivity index (χ2n) is 8.13. The van der Waals surface area contributed by atoms with E-state index in [9.17, 15) is 4.79 Å². The molecule has 2 aliphatic carbocycles. The Kier molecular flexibility index (Phi) is 2.42. The molecule has 2 saturated carbocycles. The van der Waals surface area contributed by atoms with Crippen LogP contribution >= 0.6 is 0 Å². The van der Waals surface area contributed by atoms with Crippen LogP contribution in [0.1, 0.15) is 52.9 Å². The molecule has 3 nitrogen and oxygen atoms in total. The number of carbonyl (C=O) groups is 1. The molecule has 102 valence electrons. The minimum absolute atomic E-state index is 0.169. The van der Waals surface area contributed by atoms with E-state index in [1.165, 1.54) is 12.8 Å². The van der Waals surface area contributed by atoms with Crippen LogP contribution in [0.25, 0.3) is 0 Å². The first-order valence-corrected chi connectivity index (χ1v) is 7.31. The zero-order valence-electron chi connectivity index (χ0n) is 12.0. The second kappa shape index (κ2) is 3.50. The molecule has 1 amide bonds. The zero-order chi connectivity index (χ0) is 13.2. The summed E-state index contributed by atoms with van der Waals surface area (Å²) in [6, 6.07) is 0.468. The molecule has 2 N–H and O–H groups in total. The number of fused-ring (bicyclic) bond motifs is 2. The van der Waals surface area contributed by atoms with E-state index in [0.717, 1.165) is 25.8 Å². The van der Waals surface area contributed by atoms with E-state index in [2.05, 4.69) is 25.7 Å². The molecule has 1 heterocycles. The molecule has 1 saturated heterocycles. The maximum Gasteiger partial charge on any atom is 0.230 e. The second-order valence-corrected chi connectivity index (χ2v) is 8.13. The summed E-state index contributed by atoms with van der Waals surface area (Å²) < 4.78 is 0. The quantitative estimate of drug-likeness (QED) is 0.816. The van der Waals surface area contributed by atoms with Crippen molar-refractivity contribution >= 4 is 5.91 Å². The monoisotopic (exact) mass is 250 g/mol. The van der Waals surface area contributed by atoms with Gasteiger partial charge in [-0.15, -0.1) is 0 Å². The molecule has 2 atom stereocenters. The SMILES string of the molecule is CC1(C)CC2CC(C)(CN2C(=O)C2(CN)CC2)C1. The Morgan fingerprint density at radius 1 is 1.28 bits per heavy atom. The van der Waals surface area contributed by atoms with Gasteiger partial charge >= 0.3 is 0 Å². The molecule has 0 spiro atoms. The molecule has 1 aliphatic heterocycles. The number of nitrogens with zero attached hydrogens (tertiary/aromatic N) is 1. The van der Waals surface area contributed by atoms with Gasteiger partial charge in [-0.2, -0.15) is 0 Å². The summed E-state index contributed by atoms with van der Waals surface area (Å²) in [7, 11) is 0. The molecule has 0 radical (unpaired) electrons. The highest BCUT2D eigenvalue weighted by atomic mass is 16.2. The minimum atomic E-state index is -0.169. The van der Waals surface area contributed by atoms with Crippen LogP contribution < -0.4 is 5.73 Å². The number of carbonyl (C=O) groups excluding carboxylic acids is 1. The molecule has 0 aromatic heterocycles. The molecule has 3 aliphatic rings. The van der Waals surface area contributed by atoms with Gasteiger partial charge in [-0.05, 0) is 42.9 Å². The van der Waals surface area contributed by atoms with Crippen LogP contribution in [-0.4, -0.2) is 29.9 Å². The molecule has 0 aromatic carbocycles. The van der Waals surface area contributed by atoms with E-state index >= 15 is 0 Å². The maximum atomic E-state index is 12.7. The summed E-state index contributed by atoms with van der Waals surface area (Å²) in [4.78, 5) is 14.9. The fraction of sp³-hybridized carbons (Fsp3) is 0.933. The zero-order valence-corrected chi connectivity index (χ0v) is 12.0. The summed E-state index contributed by atoms with van der Waals surface area (Å²) in [6.45, 7) is 8.55. The normalized spacial score (nSPS) is 39.8. The average molecular weight is 250 g/mol. The van der Waals surface area contributed by atoms with Crippen LogP contribution in [0.15, 0.2) is 0 Å². The molecule has 2 unspecified atom stereocenters. The third kappa shape index (κ3) is 1.78. The molecular weight excluding hydrogens is 224 g/mol. The van der Waals surface area contributed by atoms with Gasteiger partial charge in [0, 0.05) is 19.1 Å². The van der Waals surface area contributed by atoms with Gasteiger partial charge in [-0.1, -0.05) is 20.8 Å². The Bertz CT molecular complexity index is 386. The van der Waals surface area contributed by atoms with E-state index in [1.54, 1.807) is 0 Å². The van der Waals surface area contributed by atoms with Crippen molar-refractivity contribution in [1.82, 2.24) is 4.90 Å². The standard InChI is InChI=1S/C15H26N2O/c1-13(2)6-11-7-14(3,8-13)10-17(11)12(18)15(9-16)4-5-15/h11H,4-10,16H2,1-3H3. The Morgan fingerprint density at radius 2 is 1.94 bits per heavy atom. The number of hydrogen-bond donors (Lipinski definition) is 1. The van der Waals surface area contributed by atoms with Crippen LogP contribution in [-0.2, 0) is 4.79 Å². The summed E-state index contributed by atoms with van der Waals surface area (Å²) >= 11 is 0. The Balaban J connectivity index is 1.82. The van der Waals surface area contributed by atoms with Gasteiger partial charge in [-0.25, -0.2) is 0 Å². The number of hydrogen-bond acceptors (Lipinski definition) is 2. The molecule has 3 heteroatoms. The van der Waals surface area contributed by atoms with Gasteiger partial charge in [-0.3, -0.25) is 4.79 Å². The van der Waals surface area contributed by atoms with Crippen molar-refractivity contribution in [3.05, 3.63) is 0 Å². The molecule has 2 bridgehead atoms. The Morgan fingerprint density at radius 3 is 2.50 bits per heavy atom. The van der Waals surface area contributed by atoms with Crippen LogP contribution in [0.2, 0.25) is 0 Å². The molecule has 0 aromatic rings. The molecule has 18 heavy (non-hydrogen) atoms. The first-order chi connectivity index (χ1) is 8.29. The van der Waals surface area contributed by atoms with Crippen molar-refractivity contribution in [2.24, 2.45) is 22.0 Å². The predicted octanol–water partition coefficient (Wildman–Crippen LogP) is 2.15. The van der Waals surface area contributed by atoms with Gasteiger partial charge in [0.2, 0.25) is 5.91 Å². The van der Waals surface area contributed by atoms with Crippen LogP contribution in [0.5, 0.6) is 0 Å². The highest BCUT2D eigenvalue weighted by Gasteiger charge is 2.57. The average Bonchev–Trinajstić information content (AvgIpc) is 2.98. The summed E-state index contributed by atoms with van der Waals surface area (Å²) in [5, 5.41) is 0. The summed E-state index contributed by atoms with van der Waals surface area (Å²) in [5.74, 6) is 0.358. The number of nitrogens with two attached hydrogens (primary N) is 1. The van der Waals surface area contributed by atoms with Crippen molar-refractivity contribution in [2.45, 2.75) is 58.9 Å². The van der Waals surface area contributed by atoms with E-state index in [0.29, 0.717) is 29.3 Å². The Hall–Kier alpha value is -0.570. The lowest BCUT2D eigenvalue weighted by atomic mass is 9.65. The van der Waals surface area contributed by atoms with Crippen molar-refractivity contribution in [1.29, 1.82) is 0 Å². The number of rotatable bonds is 2. The van der Waals surface area contributed by atoms with E-state index in [4.69, 9.17) is 5.73 Å². The van der Waals surface area contributed by atoms with Gasteiger partial charge in [0.15, 0.2) is 0 Å². The third-order valence-electron chi connectivity index (χ3n) is 5.37. The highest BCUT2D eigenvalue weighted by Crippen LogP contribution is 2.55. The summed E-state index contributed by atoms with van der Waals surface area (Å²) in [6.07, 6.45) is 5.62. The lowest BCUT2D eigenvalue weighted by Gasteiger charge is -2.39. The van der Waals surface area contributed by atoms with Gasteiger partial charge in [0.25, 0.3) is 0 Å². The van der Waals surface area contributed by atoms with Crippen molar-refractivity contribution in [2.75, 3.05) is 13.1 Å². The van der Waals surface area contributed by atoms with E-state index < -0.39 is 0 Å². The number of likely N-dealkylation sites (tertiary alicyclic amines) is 1. The van der Waals surface area contributed by atoms with Crippen molar-refractivity contribution in [3.8, 4) is 0 Å². The molecule has 3 rings (SSSR count). The minimum Gasteiger partial charge on any atom is -0.339 e. The first-order valence-electron chi connectivity index (χ1n) is 7.31. The topological polar surface area (TPSA) is 46.3 Å². The highest BCUT2D eigenvalue weighted by molar-refractivity contribution is 5.86. The molecule has 3 fully saturated rings. The lowest BCUT2D eigenvalue weighted by Crippen LogP contribution is -2.43. The van der Waals surface area contributed by atoms with E-state index in [-0.39, 0.29) is 5.41 Å². The third-order valence-corrected chi connectivity index (χ3v) is 5.37. The maximum absolute atomic E-state index is 12.7.